The predicted octanol–water partition coefficient (Wildman–Crippen LogP) is 3.53. The van der Waals surface area contributed by atoms with Crippen molar-refractivity contribution in [3.8, 4) is 6.07 Å². The number of nitriles is 1. The Hall–Kier alpha value is -4.15. The Morgan fingerprint density at radius 2 is 1.95 bits per heavy atom. The van der Waals surface area contributed by atoms with Crippen LogP contribution in [0, 0.1) is 33.0 Å². The molecule has 3 amide bonds. The fourth-order valence-electron chi connectivity index (χ4n) is 7.86. The molecule has 44 heavy (non-hydrogen) atoms. The van der Waals surface area contributed by atoms with Crippen molar-refractivity contribution in [2.24, 2.45) is 21.7 Å². The number of likely N-dealkylation sites (tertiary alicyclic amines) is 1. The average molecular weight is 614 g/mol. The zero-order chi connectivity index (χ0) is 32.0. The standard InChI is InChI=1S/C30H34F3N7O4/c1-26(2,3)21(38-25(43)30(31,32)33)24(42)39-14-28-13-29(28,27(28,4)5)22(39)23(41)37-17(11-34)8-6-7-16-12-36-40-10-9-18-20(19(16)40)44-15-35-18/h9-10,12,15,17,21-22H,6-8,13-14H2,1-5H3,(H,37,41)(H,38,43)/t17?,21-,22-,28?,29+/m1/s1. The Kier molecular flexibility index (Phi) is 6.40. The van der Waals surface area contributed by atoms with Crippen LogP contribution in [0.2, 0.25) is 0 Å². The first-order valence-electron chi connectivity index (χ1n) is 14.6. The normalized spacial score (nSPS) is 26.4. The van der Waals surface area contributed by atoms with Gasteiger partial charge in [0.1, 0.15) is 29.2 Å². The highest BCUT2D eigenvalue weighted by Crippen LogP contribution is 3.00. The van der Waals surface area contributed by atoms with E-state index >= 15 is 0 Å². The van der Waals surface area contributed by atoms with Gasteiger partial charge in [-0.05, 0) is 42.6 Å². The smallest absolute Gasteiger partial charge is 0.441 e. The van der Waals surface area contributed by atoms with E-state index in [0.29, 0.717) is 36.8 Å². The Morgan fingerprint density at radius 3 is 2.59 bits per heavy atom. The van der Waals surface area contributed by atoms with Gasteiger partial charge in [-0.2, -0.15) is 23.5 Å². The maximum absolute atomic E-state index is 13.9. The van der Waals surface area contributed by atoms with Gasteiger partial charge in [0.15, 0.2) is 12.0 Å². The molecule has 0 radical (unpaired) electrons. The Labute approximate surface area is 251 Å². The number of carbonyl (C=O) groups is 3. The second-order valence-corrected chi connectivity index (χ2v) is 13.9. The average Bonchev–Trinajstić information content (AvgIpc) is 3.34. The number of carbonyl (C=O) groups excluding carboxylic acids is 3. The summed E-state index contributed by atoms with van der Waals surface area (Å²) in [7, 11) is 0. The zero-order valence-electron chi connectivity index (χ0n) is 25.1. The van der Waals surface area contributed by atoms with Crippen LogP contribution >= 0.6 is 0 Å². The molecule has 4 heterocycles. The maximum atomic E-state index is 13.9. The van der Waals surface area contributed by atoms with Crippen molar-refractivity contribution in [1.82, 2.24) is 30.1 Å². The number of hydrogen-bond acceptors (Lipinski definition) is 7. The number of aromatic nitrogens is 3. The summed E-state index contributed by atoms with van der Waals surface area (Å²) in [4.78, 5) is 45.1. The third-order valence-corrected chi connectivity index (χ3v) is 10.4. The summed E-state index contributed by atoms with van der Waals surface area (Å²) < 4.78 is 46.7. The molecule has 3 aliphatic rings. The lowest BCUT2D eigenvalue weighted by atomic mass is 9.79. The second kappa shape index (κ2) is 9.42. The van der Waals surface area contributed by atoms with Crippen molar-refractivity contribution >= 4 is 34.3 Å². The number of nitrogens with zero attached hydrogens (tertiary/aromatic N) is 5. The molecule has 0 bridgehead atoms. The molecule has 2 saturated carbocycles. The third-order valence-electron chi connectivity index (χ3n) is 10.4. The van der Waals surface area contributed by atoms with Crippen LogP contribution in [-0.4, -0.2) is 68.1 Å². The summed E-state index contributed by atoms with van der Waals surface area (Å²) in [6.45, 7) is 8.92. The molecule has 0 spiro atoms. The van der Waals surface area contributed by atoms with E-state index in [2.05, 4.69) is 21.5 Å². The van der Waals surface area contributed by atoms with E-state index in [9.17, 15) is 32.8 Å². The summed E-state index contributed by atoms with van der Waals surface area (Å²) in [6.07, 6.45) is 1.83. The van der Waals surface area contributed by atoms with Crippen LogP contribution in [-0.2, 0) is 20.8 Å². The minimum Gasteiger partial charge on any atom is -0.441 e. The molecule has 1 aliphatic heterocycles. The van der Waals surface area contributed by atoms with Crippen molar-refractivity contribution in [1.29, 1.82) is 5.26 Å². The number of nitrogens with one attached hydrogen (secondary N) is 2. The van der Waals surface area contributed by atoms with Crippen LogP contribution in [0.3, 0.4) is 0 Å². The monoisotopic (exact) mass is 613 g/mol. The first kappa shape index (κ1) is 29.9. The summed E-state index contributed by atoms with van der Waals surface area (Å²) in [5.41, 5.74) is 0.843. The number of piperidine rings is 2. The van der Waals surface area contributed by atoms with Crippen LogP contribution in [0.1, 0.15) is 59.4 Å². The molecule has 2 unspecified atom stereocenters. The lowest BCUT2D eigenvalue weighted by molar-refractivity contribution is -0.176. The minimum atomic E-state index is -5.17. The van der Waals surface area contributed by atoms with E-state index < -0.39 is 52.9 Å². The SMILES string of the molecule is CC(C)(C)[C@H](NC(=O)C(F)(F)F)C(=O)N1CC23C[C@]2([C@H]1C(=O)NC(C#N)CCCc1cnn2ccc4ncoc4c12)C3(C)C. The highest BCUT2D eigenvalue weighted by Gasteiger charge is 3.02. The molecule has 3 fully saturated rings. The number of oxazole rings is 1. The lowest BCUT2D eigenvalue weighted by Crippen LogP contribution is -2.63. The van der Waals surface area contributed by atoms with E-state index in [1.807, 2.05) is 19.2 Å². The number of pyridine rings is 1. The second-order valence-electron chi connectivity index (χ2n) is 13.9. The topological polar surface area (TPSA) is 146 Å². The predicted molar refractivity (Wildman–Crippen MR) is 149 cm³/mol. The van der Waals surface area contributed by atoms with E-state index in [1.54, 1.807) is 43.7 Å². The summed E-state index contributed by atoms with van der Waals surface area (Å²) in [5.74, 6) is -3.46. The van der Waals surface area contributed by atoms with Crippen LogP contribution in [0.4, 0.5) is 13.2 Å². The van der Waals surface area contributed by atoms with Gasteiger partial charge in [-0.25, -0.2) is 9.50 Å². The molecule has 2 N–H and O–H groups in total. The lowest BCUT2D eigenvalue weighted by Gasteiger charge is -2.42. The highest BCUT2D eigenvalue weighted by atomic mass is 19.4. The van der Waals surface area contributed by atoms with Gasteiger partial charge in [0.25, 0.3) is 0 Å². The molecule has 5 atom stereocenters. The third kappa shape index (κ3) is 4.11. The zero-order valence-corrected chi connectivity index (χ0v) is 25.1. The van der Waals surface area contributed by atoms with Crippen LogP contribution in [0.15, 0.2) is 29.3 Å². The molecule has 2 aliphatic carbocycles. The van der Waals surface area contributed by atoms with Gasteiger partial charge in [0, 0.05) is 29.1 Å². The molecular formula is C30H34F3N7O4. The molecule has 1 saturated heterocycles. The molecule has 3 aromatic heterocycles. The number of fused-ring (bicyclic) bond motifs is 3. The van der Waals surface area contributed by atoms with Gasteiger partial charge in [-0.3, -0.25) is 14.4 Å². The Bertz CT molecular complexity index is 1730. The summed E-state index contributed by atoms with van der Waals surface area (Å²) in [5, 5.41) is 19.0. The quantitative estimate of drug-likeness (QED) is 0.395. The van der Waals surface area contributed by atoms with Gasteiger partial charge >= 0.3 is 12.1 Å². The molecule has 14 heteroatoms. The first-order chi connectivity index (χ1) is 20.5. The van der Waals surface area contributed by atoms with Gasteiger partial charge in [-0.1, -0.05) is 34.6 Å². The van der Waals surface area contributed by atoms with Crippen molar-refractivity contribution in [2.45, 2.75) is 84.6 Å². The number of aryl methyl sites for hydroxylation is 1. The Morgan fingerprint density at radius 1 is 1.23 bits per heavy atom. The number of alkyl halides is 3. The van der Waals surface area contributed by atoms with E-state index in [4.69, 9.17) is 4.42 Å². The fraction of sp³-hybridized carbons (Fsp3) is 0.600. The van der Waals surface area contributed by atoms with Gasteiger partial charge in [0.2, 0.25) is 11.8 Å². The molecular weight excluding hydrogens is 579 g/mol. The van der Waals surface area contributed by atoms with E-state index in [0.717, 1.165) is 11.1 Å². The van der Waals surface area contributed by atoms with Gasteiger partial charge in [-0.15, -0.1) is 0 Å². The molecule has 11 nitrogen and oxygen atoms in total. The van der Waals surface area contributed by atoms with Gasteiger partial charge < -0.3 is 20.0 Å². The number of rotatable bonds is 8. The Balaban J connectivity index is 1.17. The summed E-state index contributed by atoms with van der Waals surface area (Å²) >= 11 is 0. The minimum absolute atomic E-state index is 0.202. The van der Waals surface area contributed by atoms with E-state index in [1.165, 1.54) is 11.3 Å². The number of amides is 3. The number of halogens is 3. The van der Waals surface area contributed by atoms with Crippen molar-refractivity contribution in [2.75, 3.05) is 6.54 Å². The first-order valence-corrected chi connectivity index (χ1v) is 14.6. The van der Waals surface area contributed by atoms with Crippen molar-refractivity contribution in [3.63, 3.8) is 0 Å². The molecule has 3 aromatic rings. The molecule has 0 aromatic carbocycles. The largest absolute Gasteiger partial charge is 0.471 e. The van der Waals surface area contributed by atoms with Crippen molar-refractivity contribution < 1.29 is 32.0 Å². The van der Waals surface area contributed by atoms with E-state index in [-0.39, 0.29) is 17.4 Å². The summed E-state index contributed by atoms with van der Waals surface area (Å²) in [6, 6.07) is 0.605. The molecule has 6 rings (SSSR count). The van der Waals surface area contributed by atoms with Crippen molar-refractivity contribution in [3.05, 3.63) is 30.4 Å². The highest BCUT2D eigenvalue weighted by molar-refractivity contribution is 5.97. The molecule has 234 valence electrons. The number of hydrogen-bond donors (Lipinski definition) is 2. The van der Waals surface area contributed by atoms with Gasteiger partial charge in [0.05, 0.1) is 12.3 Å². The van der Waals surface area contributed by atoms with Crippen LogP contribution in [0.5, 0.6) is 0 Å². The fourth-order valence-corrected chi connectivity index (χ4v) is 7.86. The van der Waals surface area contributed by atoms with Crippen LogP contribution < -0.4 is 10.6 Å². The van der Waals surface area contributed by atoms with Crippen LogP contribution in [0.25, 0.3) is 16.6 Å². The maximum Gasteiger partial charge on any atom is 0.471 e.